The quantitative estimate of drug-likeness (QED) is 0.270. The van der Waals surface area contributed by atoms with Crippen LogP contribution in [-0.2, 0) is 9.59 Å². The number of allylic oxidation sites excluding steroid dienone is 10. The summed E-state index contributed by atoms with van der Waals surface area (Å²) in [5, 5.41) is 17.7. The lowest BCUT2D eigenvalue weighted by atomic mass is 9.72. The standard InChI is InChI=1S/C42H46Br4N4O3/c1-39(2,3)27-13-23(14-28(37(27)51)40(4,5)6)21-47-49-35-31(43)17-25(18-32(35)44)53-26-19-33(45)36(34(46)20-26)50-48-22-24-15-29(41(7,8)9)38(52)30(16-24)42(10,11)12/h13-22H,1-12H3. The number of Topliss-reactive ketones (excluding diaryl/α,β-unsaturated/α-hetero) is 2. The largest absolute Gasteiger partial charge is 0.457 e. The Kier molecular flexibility index (Phi) is 13.0. The Morgan fingerprint density at radius 1 is 0.472 bits per heavy atom. The van der Waals surface area contributed by atoms with Crippen molar-refractivity contribution in [1.82, 2.24) is 0 Å². The van der Waals surface area contributed by atoms with E-state index in [1.165, 1.54) is 0 Å². The van der Waals surface area contributed by atoms with Crippen molar-refractivity contribution in [3.05, 3.63) is 112 Å². The van der Waals surface area contributed by atoms with E-state index in [0.717, 1.165) is 33.4 Å². The molecule has 280 valence electrons. The molecule has 0 amide bonds. The molecule has 0 spiro atoms. The van der Waals surface area contributed by atoms with E-state index >= 15 is 0 Å². The zero-order chi connectivity index (χ0) is 39.8. The first kappa shape index (κ1) is 42.9. The summed E-state index contributed by atoms with van der Waals surface area (Å²) in [6.07, 6.45) is 10.9. The Balaban J connectivity index is 1.56. The monoisotopic (exact) mass is 970 g/mol. The normalized spacial score (nSPS) is 16.2. The first-order valence-corrected chi connectivity index (χ1v) is 20.3. The molecule has 2 aromatic carbocycles. The van der Waals surface area contributed by atoms with E-state index in [4.69, 9.17) is 4.74 Å². The van der Waals surface area contributed by atoms with Gasteiger partial charge in [0.1, 0.15) is 22.9 Å². The van der Waals surface area contributed by atoms with E-state index in [0.29, 0.717) is 40.8 Å². The number of hydrogen-bond acceptors (Lipinski definition) is 7. The van der Waals surface area contributed by atoms with E-state index in [-0.39, 0.29) is 33.2 Å². The van der Waals surface area contributed by atoms with Gasteiger partial charge >= 0.3 is 0 Å². The Labute approximate surface area is 347 Å². The van der Waals surface area contributed by atoms with Gasteiger partial charge in [-0.25, -0.2) is 0 Å². The van der Waals surface area contributed by atoms with Crippen molar-refractivity contribution in [2.75, 3.05) is 0 Å². The summed E-state index contributed by atoms with van der Waals surface area (Å²) in [5.41, 5.74) is 4.56. The summed E-state index contributed by atoms with van der Waals surface area (Å²) in [6, 6.07) is 7.26. The van der Waals surface area contributed by atoms with Crippen molar-refractivity contribution < 1.29 is 14.3 Å². The highest BCUT2D eigenvalue weighted by Crippen LogP contribution is 2.44. The molecule has 4 rings (SSSR count). The molecule has 0 saturated carbocycles. The maximum Gasteiger partial charge on any atom is 0.186 e. The molecule has 0 atom stereocenters. The predicted octanol–water partition coefficient (Wildman–Crippen LogP) is 15.5. The van der Waals surface area contributed by atoms with Crippen LogP contribution in [0.2, 0.25) is 0 Å². The van der Waals surface area contributed by atoms with Gasteiger partial charge in [-0.1, -0.05) is 83.1 Å². The highest BCUT2D eigenvalue weighted by Gasteiger charge is 2.35. The number of ketones is 2. The van der Waals surface area contributed by atoms with Crippen molar-refractivity contribution in [1.29, 1.82) is 0 Å². The summed E-state index contributed by atoms with van der Waals surface area (Å²) in [6.45, 7) is 24.5. The molecular weight excluding hydrogens is 928 g/mol. The van der Waals surface area contributed by atoms with Gasteiger partial charge in [-0.2, -0.15) is 10.2 Å². The van der Waals surface area contributed by atoms with Gasteiger partial charge < -0.3 is 4.74 Å². The van der Waals surface area contributed by atoms with Gasteiger partial charge in [0.2, 0.25) is 0 Å². The minimum absolute atomic E-state index is 0.0740. The number of ether oxygens (including phenoxy) is 1. The number of benzene rings is 2. The fourth-order valence-corrected chi connectivity index (χ4v) is 8.12. The first-order chi connectivity index (χ1) is 24.3. The van der Waals surface area contributed by atoms with Crippen LogP contribution in [0.3, 0.4) is 0 Å². The van der Waals surface area contributed by atoms with Crippen molar-refractivity contribution in [3.63, 3.8) is 0 Å². The minimum atomic E-state index is -0.311. The van der Waals surface area contributed by atoms with Crippen molar-refractivity contribution in [3.8, 4) is 11.5 Å². The molecule has 2 aliphatic carbocycles. The van der Waals surface area contributed by atoms with Crippen LogP contribution >= 0.6 is 63.7 Å². The summed E-state index contributed by atoms with van der Waals surface area (Å²) < 4.78 is 8.92. The zero-order valence-corrected chi connectivity index (χ0v) is 38.6. The van der Waals surface area contributed by atoms with Crippen molar-refractivity contribution in [2.24, 2.45) is 42.1 Å². The van der Waals surface area contributed by atoms with Crippen LogP contribution < -0.4 is 4.74 Å². The van der Waals surface area contributed by atoms with E-state index in [1.807, 2.05) is 132 Å². The van der Waals surface area contributed by atoms with E-state index in [2.05, 4.69) is 84.2 Å². The number of nitrogens with zero attached hydrogens (tertiary/aromatic N) is 4. The number of carbonyl (C=O) groups excluding carboxylic acids is 2. The number of azo groups is 2. The van der Waals surface area contributed by atoms with Crippen molar-refractivity contribution in [2.45, 2.75) is 83.1 Å². The van der Waals surface area contributed by atoms with E-state index < -0.39 is 0 Å². The van der Waals surface area contributed by atoms with Crippen LogP contribution in [0.15, 0.2) is 133 Å². The van der Waals surface area contributed by atoms with Gasteiger partial charge in [0.15, 0.2) is 11.6 Å². The molecule has 0 fully saturated rings. The number of halogens is 4. The molecule has 7 nitrogen and oxygen atoms in total. The Morgan fingerprint density at radius 2 is 0.717 bits per heavy atom. The summed E-state index contributed by atoms with van der Waals surface area (Å²) in [7, 11) is 0. The fourth-order valence-electron chi connectivity index (χ4n) is 5.52. The lowest BCUT2D eigenvalue weighted by Gasteiger charge is -2.31. The molecule has 2 aromatic rings. The van der Waals surface area contributed by atoms with Gasteiger partial charge in [-0.05, 0) is 145 Å². The maximum atomic E-state index is 13.3. The first-order valence-electron chi connectivity index (χ1n) is 17.1. The molecule has 0 heterocycles. The van der Waals surface area contributed by atoms with Gasteiger partial charge in [0, 0.05) is 40.2 Å². The number of hydrogen-bond donors (Lipinski definition) is 0. The van der Waals surface area contributed by atoms with Gasteiger partial charge in [-0.15, -0.1) is 10.2 Å². The van der Waals surface area contributed by atoms with E-state index in [1.54, 1.807) is 12.4 Å². The second kappa shape index (κ2) is 16.1. The summed E-state index contributed by atoms with van der Waals surface area (Å²) in [4.78, 5) is 26.5. The molecule has 53 heavy (non-hydrogen) atoms. The second-order valence-electron chi connectivity index (χ2n) is 17.2. The average Bonchev–Trinajstić information content (AvgIpc) is 2.98. The van der Waals surface area contributed by atoms with Crippen LogP contribution in [0.5, 0.6) is 11.5 Å². The SMILES string of the molecule is CC(C)(C)C1=CC(=CN=Nc2c(Br)cc(Oc3cc(Br)c(N=NC=C4C=C(C(C)(C)C)C(=O)C(C(C)(C)C)=C4)c(Br)c3)cc2Br)C=C(C(C)(C)C)C1=O. The van der Waals surface area contributed by atoms with Crippen LogP contribution in [0.4, 0.5) is 11.4 Å². The highest BCUT2D eigenvalue weighted by molar-refractivity contribution is 9.11. The van der Waals surface area contributed by atoms with Crippen LogP contribution in [0.25, 0.3) is 0 Å². The lowest BCUT2D eigenvalue weighted by Crippen LogP contribution is -2.27. The molecule has 11 heteroatoms. The summed E-state index contributed by atoms with van der Waals surface area (Å²) in [5.74, 6) is 1.28. The van der Waals surface area contributed by atoms with Gasteiger partial charge in [0.25, 0.3) is 0 Å². The van der Waals surface area contributed by atoms with Crippen LogP contribution in [0.1, 0.15) is 83.1 Å². The van der Waals surface area contributed by atoms with Crippen LogP contribution in [0, 0.1) is 21.7 Å². The molecule has 0 saturated heterocycles. The molecule has 0 aliphatic heterocycles. The molecule has 0 aromatic heterocycles. The summed E-state index contributed by atoms with van der Waals surface area (Å²) >= 11 is 14.5. The Hall–Kier alpha value is -2.86. The molecule has 0 radical (unpaired) electrons. The smallest absolute Gasteiger partial charge is 0.186 e. The molecular formula is C42H46Br4N4O3. The Morgan fingerprint density at radius 3 is 0.943 bits per heavy atom. The third kappa shape index (κ3) is 10.7. The number of rotatable bonds is 6. The zero-order valence-electron chi connectivity index (χ0n) is 32.3. The molecule has 0 unspecified atom stereocenters. The van der Waals surface area contributed by atoms with Gasteiger partial charge in [0.05, 0.1) is 12.4 Å². The van der Waals surface area contributed by atoms with Crippen molar-refractivity contribution >= 4 is 86.7 Å². The lowest BCUT2D eigenvalue weighted by molar-refractivity contribution is -0.114. The molecule has 0 bridgehead atoms. The molecule has 0 N–H and O–H groups in total. The third-order valence-electron chi connectivity index (χ3n) is 8.40. The molecule has 2 aliphatic rings. The topological polar surface area (TPSA) is 92.8 Å². The minimum Gasteiger partial charge on any atom is -0.457 e. The van der Waals surface area contributed by atoms with E-state index in [9.17, 15) is 9.59 Å². The second-order valence-corrected chi connectivity index (χ2v) is 20.6. The van der Waals surface area contributed by atoms with Gasteiger partial charge in [-0.3, -0.25) is 9.59 Å². The predicted molar refractivity (Wildman–Crippen MR) is 229 cm³/mol. The Bertz CT molecular complexity index is 1840. The maximum absolute atomic E-state index is 13.3. The average molecular weight is 974 g/mol. The fraction of sp³-hybridized carbons (Fsp3) is 0.381. The number of carbonyl (C=O) groups is 2. The third-order valence-corrected chi connectivity index (χ3v) is 10.8. The highest BCUT2D eigenvalue weighted by atomic mass is 79.9. The van der Waals surface area contributed by atoms with Crippen LogP contribution in [-0.4, -0.2) is 11.6 Å².